The summed E-state index contributed by atoms with van der Waals surface area (Å²) in [5, 5.41) is 7.91. The van der Waals surface area contributed by atoms with Gasteiger partial charge in [0.05, 0.1) is 55.6 Å². The zero-order valence-electron chi connectivity index (χ0n) is 21.5. The third kappa shape index (κ3) is 4.98. The Hall–Kier alpha value is -4.22. The Morgan fingerprint density at radius 3 is 2.87 bits per heavy atom. The highest BCUT2D eigenvalue weighted by molar-refractivity contribution is 6.02. The highest BCUT2D eigenvalue weighted by Crippen LogP contribution is 2.43. The molecule has 4 heterocycles. The zero-order chi connectivity index (χ0) is 26.9. The topological polar surface area (TPSA) is 101 Å². The van der Waals surface area contributed by atoms with Gasteiger partial charge in [0.2, 0.25) is 5.91 Å². The van der Waals surface area contributed by atoms with Crippen LogP contribution in [0.3, 0.4) is 0 Å². The number of methoxy groups -OCH3 is 1. The van der Waals surface area contributed by atoms with Gasteiger partial charge in [-0.05, 0) is 36.3 Å². The van der Waals surface area contributed by atoms with Crippen LogP contribution < -0.4 is 25.3 Å². The number of halogens is 1. The molecule has 2 aromatic carbocycles. The van der Waals surface area contributed by atoms with Gasteiger partial charge < -0.3 is 25.0 Å². The average Bonchev–Trinajstić information content (AvgIpc) is 3.71. The number of morpholine rings is 1. The van der Waals surface area contributed by atoms with Gasteiger partial charge >= 0.3 is 0 Å². The van der Waals surface area contributed by atoms with E-state index in [0.717, 1.165) is 24.2 Å². The summed E-state index contributed by atoms with van der Waals surface area (Å²) in [6.07, 6.45) is 4.51. The summed E-state index contributed by atoms with van der Waals surface area (Å²) in [5.74, 6) is 0.998. The van der Waals surface area contributed by atoms with E-state index >= 15 is 0 Å². The molecule has 0 saturated carbocycles. The van der Waals surface area contributed by atoms with Crippen LogP contribution in [0, 0.1) is 5.82 Å². The van der Waals surface area contributed by atoms with Gasteiger partial charge in [0, 0.05) is 25.1 Å². The number of fused-ring (bicyclic) bond motifs is 2. The third-order valence-electron chi connectivity index (χ3n) is 7.25. The molecule has 0 unspecified atom stereocenters. The van der Waals surface area contributed by atoms with Crippen LogP contribution in [0.4, 0.5) is 33.1 Å². The second kappa shape index (κ2) is 10.5. The van der Waals surface area contributed by atoms with E-state index in [9.17, 15) is 9.18 Å². The maximum absolute atomic E-state index is 13.9. The molecule has 0 aliphatic carbocycles. The lowest BCUT2D eigenvalue weighted by Crippen LogP contribution is -2.37. The minimum Gasteiger partial charge on any atom is -0.494 e. The number of anilines is 5. The Balaban J connectivity index is 1.30. The number of nitrogens with one attached hydrogen (secondary N) is 2. The van der Waals surface area contributed by atoms with Gasteiger partial charge in [-0.2, -0.15) is 0 Å². The molecular weight excluding hydrogens is 503 g/mol. The summed E-state index contributed by atoms with van der Waals surface area (Å²) in [6.45, 7) is 5.47. The molecule has 6 rings (SSSR count). The summed E-state index contributed by atoms with van der Waals surface area (Å²) in [6, 6.07) is 12.0. The van der Waals surface area contributed by atoms with Crippen molar-refractivity contribution < 1.29 is 23.5 Å². The second-order valence-electron chi connectivity index (χ2n) is 9.67. The molecule has 3 aliphatic heterocycles. The summed E-state index contributed by atoms with van der Waals surface area (Å²) >= 11 is 0. The summed E-state index contributed by atoms with van der Waals surface area (Å²) in [7, 11) is 1.60. The molecule has 10 nitrogen and oxygen atoms in total. The summed E-state index contributed by atoms with van der Waals surface area (Å²) in [4.78, 5) is 29.2. The Morgan fingerprint density at radius 2 is 2.13 bits per heavy atom. The number of aromatic nitrogens is 2. The molecule has 0 spiro atoms. The SMILES string of the molecule is C=CC(=O)Nc1cc(Nc2cc(N3OCC[C@@H]3c3cccc(F)c3)ncn2)c(OC)cc1N1C[C@H]2C[C@@H]1CO2. The molecule has 202 valence electrons. The number of amides is 1. The number of hydrogen-bond donors (Lipinski definition) is 2. The zero-order valence-corrected chi connectivity index (χ0v) is 21.5. The van der Waals surface area contributed by atoms with Crippen molar-refractivity contribution in [3.8, 4) is 5.75 Å². The van der Waals surface area contributed by atoms with Crippen molar-refractivity contribution in [1.29, 1.82) is 0 Å². The number of nitrogens with zero attached hydrogens (tertiary/aromatic N) is 4. The van der Waals surface area contributed by atoms with Crippen LogP contribution in [0.15, 0.2) is 61.4 Å². The fourth-order valence-electron chi connectivity index (χ4n) is 5.44. The van der Waals surface area contributed by atoms with E-state index in [2.05, 4.69) is 32.1 Å². The maximum Gasteiger partial charge on any atom is 0.247 e. The highest BCUT2D eigenvalue weighted by atomic mass is 19.1. The predicted octanol–water partition coefficient (Wildman–Crippen LogP) is 4.35. The molecular formula is C28H29FN6O4. The molecule has 3 aromatic rings. The van der Waals surface area contributed by atoms with E-state index in [1.54, 1.807) is 24.3 Å². The van der Waals surface area contributed by atoms with Crippen LogP contribution in [-0.4, -0.2) is 54.9 Å². The van der Waals surface area contributed by atoms with Crippen LogP contribution in [0.25, 0.3) is 0 Å². The quantitative estimate of drug-likeness (QED) is 0.410. The number of hydrogen-bond acceptors (Lipinski definition) is 9. The largest absolute Gasteiger partial charge is 0.494 e. The number of benzene rings is 2. The van der Waals surface area contributed by atoms with Crippen LogP contribution in [0.2, 0.25) is 0 Å². The Labute approximate surface area is 225 Å². The number of rotatable bonds is 8. The number of carbonyl (C=O) groups is 1. The lowest BCUT2D eigenvalue weighted by Gasteiger charge is -2.31. The fourth-order valence-corrected chi connectivity index (χ4v) is 5.44. The van der Waals surface area contributed by atoms with Gasteiger partial charge in [-0.15, -0.1) is 0 Å². The number of ether oxygens (including phenoxy) is 2. The van der Waals surface area contributed by atoms with E-state index in [-0.39, 0.29) is 29.9 Å². The number of carbonyl (C=O) groups excluding carboxylic acids is 1. The molecule has 3 atom stereocenters. The molecule has 2 bridgehead atoms. The van der Waals surface area contributed by atoms with Gasteiger partial charge in [0.15, 0.2) is 5.82 Å². The fraction of sp³-hybridized carbons (Fsp3) is 0.321. The lowest BCUT2D eigenvalue weighted by molar-refractivity contribution is -0.111. The first kappa shape index (κ1) is 25.1. The van der Waals surface area contributed by atoms with E-state index in [0.29, 0.717) is 48.4 Å². The molecule has 2 N–H and O–H groups in total. The first-order chi connectivity index (χ1) is 19.0. The molecule has 1 aromatic heterocycles. The minimum atomic E-state index is -0.313. The van der Waals surface area contributed by atoms with Crippen LogP contribution in [-0.2, 0) is 14.4 Å². The van der Waals surface area contributed by atoms with Crippen molar-refractivity contribution >= 4 is 34.6 Å². The molecule has 11 heteroatoms. The Morgan fingerprint density at radius 1 is 1.23 bits per heavy atom. The molecule has 3 fully saturated rings. The highest BCUT2D eigenvalue weighted by Gasteiger charge is 2.40. The van der Waals surface area contributed by atoms with Crippen molar-refractivity contribution in [3.05, 3.63) is 72.8 Å². The van der Waals surface area contributed by atoms with Gasteiger partial charge in [0.1, 0.15) is 23.7 Å². The third-order valence-corrected chi connectivity index (χ3v) is 7.25. The molecule has 3 saturated heterocycles. The van der Waals surface area contributed by atoms with Crippen molar-refractivity contribution in [3.63, 3.8) is 0 Å². The Bertz CT molecular complexity index is 1400. The van der Waals surface area contributed by atoms with E-state index in [1.165, 1.54) is 24.5 Å². The smallest absolute Gasteiger partial charge is 0.247 e. The van der Waals surface area contributed by atoms with Crippen LogP contribution in [0.5, 0.6) is 5.75 Å². The first-order valence-electron chi connectivity index (χ1n) is 12.8. The first-order valence-corrected chi connectivity index (χ1v) is 12.8. The van der Waals surface area contributed by atoms with Crippen molar-refractivity contribution in [2.24, 2.45) is 0 Å². The molecule has 3 aliphatic rings. The second-order valence-corrected chi connectivity index (χ2v) is 9.67. The predicted molar refractivity (Wildman–Crippen MR) is 145 cm³/mol. The minimum absolute atomic E-state index is 0.183. The molecule has 1 amide bonds. The van der Waals surface area contributed by atoms with Gasteiger partial charge in [-0.1, -0.05) is 18.7 Å². The van der Waals surface area contributed by atoms with Gasteiger partial charge in [-0.25, -0.2) is 19.4 Å². The standard InChI is InChI=1S/C28H29FN6O4/c1-3-28(36)33-21-11-22(25(37-2)12-24(21)34-14-20-10-19(34)15-38-20)32-26-13-27(31-16-30-26)35-23(7-8-39-35)17-5-4-6-18(29)9-17/h3-6,9,11-13,16,19-20,23H,1,7-8,10,14-15H2,2H3,(H,33,36)(H,30,31,32)/t19-,20-,23-/m1/s1. The summed E-state index contributed by atoms with van der Waals surface area (Å²) < 4.78 is 25.4. The van der Waals surface area contributed by atoms with Crippen molar-refractivity contribution in [2.75, 3.05) is 47.5 Å². The Kier molecular flexibility index (Phi) is 6.76. The van der Waals surface area contributed by atoms with Crippen molar-refractivity contribution in [1.82, 2.24) is 9.97 Å². The van der Waals surface area contributed by atoms with E-state index in [4.69, 9.17) is 14.3 Å². The monoisotopic (exact) mass is 532 g/mol. The molecule has 39 heavy (non-hydrogen) atoms. The number of hydroxylamine groups is 1. The van der Waals surface area contributed by atoms with Gasteiger partial charge in [-0.3, -0.25) is 9.63 Å². The van der Waals surface area contributed by atoms with Crippen molar-refractivity contribution in [2.45, 2.75) is 31.0 Å². The van der Waals surface area contributed by atoms with Gasteiger partial charge in [0.25, 0.3) is 0 Å². The summed E-state index contributed by atoms with van der Waals surface area (Å²) in [5.41, 5.74) is 2.89. The average molecular weight is 533 g/mol. The van der Waals surface area contributed by atoms with E-state index in [1.807, 2.05) is 18.2 Å². The normalized spacial score (nSPS) is 21.7. The van der Waals surface area contributed by atoms with Crippen LogP contribution in [0.1, 0.15) is 24.4 Å². The van der Waals surface area contributed by atoms with E-state index < -0.39 is 0 Å². The molecule has 0 radical (unpaired) electrons. The lowest BCUT2D eigenvalue weighted by atomic mass is 10.0. The maximum atomic E-state index is 13.9. The van der Waals surface area contributed by atoms with Crippen LogP contribution >= 0.6 is 0 Å².